The van der Waals surface area contributed by atoms with E-state index in [4.69, 9.17) is 4.98 Å². The molecule has 0 aliphatic carbocycles. The second-order valence-corrected chi connectivity index (χ2v) is 8.21. The lowest BCUT2D eigenvalue weighted by Crippen LogP contribution is -2.32. The van der Waals surface area contributed by atoms with Crippen LogP contribution < -0.4 is 5.32 Å². The Morgan fingerprint density at radius 1 is 1.13 bits per heavy atom. The molecule has 0 unspecified atom stereocenters. The highest BCUT2D eigenvalue weighted by atomic mass is 15.3. The molecule has 1 aliphatic rings. The molecule has 5 rings (SSSR count). The van der Waals surface area contributed by atoms with Gasteiger partial charge in [-0.15, -0.1) is 10.2 Å². The largest absolute Gasteiger partial charge is 0.364 e. The van der Waals surface area contributed by atoms with Crippen molar-refractivity contribution in [1.29, 1.82) is 0 Å². The lowest BCUT2D eigenvalue weighted by Gasteiger charge is -2.26. The molecule has 0 saturated carbocycles. The molecule has 0 aromatic carbocycles. The summed E-state index contributed by atoms with van der Waals surface area (Å²) in [6, 6.07) is 0.219. The molecule has 10 nitrogen and oxygen atoms in total. The van der Waals surface area contributed by atoms with Crippen LogP contribution in [0.5, 0.6) is 0 Å². The molecule has 4 aromatic heterocycles. The quantitative estimate of drug-likeness (QED) is 0.526. The molecule has 0 spiro atoms. The van der Waals surface area contributed by atoms with E-state index in [2.05, 4.69) is 65.4 Å². The summed E-state index contributed by atoms with van der Waals surface area (Å²) < 4.78 is 4.32. The molecule has 5 heterocycles. The Hall–Kier alpha value is -3.43. The topological polar surface area (TPSA) is 112 Å². The number of nitrogens with one attached hydrogen (secondary N) is 1. The highest BCUT2D eigenvalue weighted by Crippen LogP contribution is 2.28. The van der Waals surface area contributed by atoms with E-state index in [0.29, 0.717) is 5.92 Å². The fourth-order valence-electron chi connectivity index (χ4n) is 4.16. The summed E-state index contributed by atoms with van der Waals surface area (Å²) in [6.07, 6.45) is 7.06. The summed E-state index contributed by atoms with van der Waals surface area (Å²) in [5.41, 5.74) is 2.43. The van der Waals surface area contributed by atoms with Gasteiger partial charge in [-0.3, -0.25) is 0 Å². The Kier molecular flexibility index (Phi) is 4.84. The number of imidazole rings is 1. The minimum absolute atomic E-state index is 0.219. The van der Waals surface area contributed by atoms with Gasteiger partial charge in [0.05, 0.1) is 5.56 Å². The van der Waals surface area contributed by atoms with E-state index in [1.165, 1.54) is 0 Å². The highest BCUT2D eigenvalue weighted by Gasteiger charge is 2.25. The van der Waals surface area contributed by atoms with Gasteiger partial charge in [0.1, 0.15) is 29.6 Å². The molecular formula is C21H26N10. The van der Waals surface area contributed by atoms with E-state index in [9.17, 15) is 0 Å². The summed E-state index contributed by atoms with van der Waals surface area (Å²) >= 11 is 0. The number of hydrogen-bond acceptors (Lipinski definition) is 8. The first-order valence-electron chi connectivity index (χ1n) is 10.7. The molecule has 1 aliphatic heterocycles. The van der Waals surface area contributed by atoms with E-state index < -0.39 is 0 Å². The second-order valence-electron chi connectivity index (χ2n) is 8.21. The smallest absolute Gasteiger partial charge is 0.165 e. The Morgan fingerprint density at radius 3 is 2.68 bits per heavy atom. The first kappa shape index (κ1) is 19.5. The van der Waals surface area contributed by atoms with Crippen LogP contribution >= 0.6 is 0 Å². The van der Waals surface area contributed by atoms with E-state index in [-0.39, 0.29) is 6.04 Å². The average Bonchev–Trinajstić information content (AvgIpc) is 3.36. The van der Waals surface area contributed by atoms with Crippen LogP contribution in [-0.2, 0) is 19.5 Å². The number of fused-ring (bicyclic) bond motifs is 2. The van der Waals surface area contributed by atoms with Gasteiger partial charge in [-0.05, 0) is 20.3 Å². The van der Waals surface area contributed by atoms with Gasteiger partial charge in [-0.1, -0.05) is 13.8 Å². The normalized spacial score (nSPS) is 16.1. The molecule has 0 saturated heterocycles. The summed E-state index contributed by atoms with van der Waals surface area (Å²) in [7, 11) is 0. The molecule has 31 heavy (non-hydrogen) atoms. The van der Waals surface area contributed by atoms with Crippen molar-refractivity contribution in [2.45, 2.75) is 65.6 Å². The number of aryl methyl sites for hydroxylation is 3. The van der Waals surface area contributed by atoms with Crippen LogP contribution in [-0.4, -0.2) is 50.3 Å². The lowest BCUT2D eigenvalue weighted by molar-refractivity contribution is 0.459. The number of nitrogens with zero attached hydrogens (tertiary/aromatic N) is 9. The molecule has 0 amide bonds. The van der Waals surface area contributed by atoms with Crippen LogP contribution in [0.25, 0.3) is 22.6 Å². The van der Waals surface area contributed by atoms with Gasteiger partial charge in [0.15, 0.2) is 17.0 Å². The van der Waals surface area contributed by atoms with Crippen molar-refractivity contribution in [3.63, 3.8) is 0 Å². The SMILES string of the molecule is CCn1c(-c2cnc(C)nc2)nc2c(N[C@@H]3CCc4nnc(C(C)C)n4C3)ncnc21. The maximum absolute atomic E-state index is 4.89. The Balaban J connectivity index is 1.49. The van der Waals surface area contributed by atoms with Gasteiger partial charge in [0, 0.05) is 43.9 Å². The van der Waals surface area contributed by atoms with Crippen LogP contribution in [0.2, 0.25) is 0 Å². The van der Waals surface area contributed by atoms with Crippen LogP contribution in [0.15, 0.2) is 18.7 Å². The zero-order chi connectivity index (χ0) is 21.5. The van der Waals surface area contributed by atoms with Gasteiger partial charge in [0.25, 0.3) is 0 Å². The second kappa shape index (κ2) is 7.68. The maximum Gasteiger partial charge on any atom is 0.165 e. The van der Waals surface area contributed by atoms with E-state index >= 15 is 0 Å². The third kappa shape index (κ3) is 3.41. The molecular weight excluding hydrogens is 392 g/mol. The molecule has 1 N–H and O–H groups in total. The van der Waals surface area contributed by atoms with Crippen molar-refractivity contribution in [2.75, 3.05) is 5.32 Å². The Morgan fingerprint density at radius 2 is 1.94 bits per heavy atom. The molecule has 0 bridgehead atoms. The van der Waals surface area contributed by atoms with E-state index in [1.54, 1.807) is 18.7 Å². The average molecular weight is 419 g/mol. The molecule has 1 atom stereocenters. The first-order valence-corrected chi connectivity index (χ1v) is 10.7. The molecule has 160 valence electrons. The van der Waals surface area contributed by atoms with Crippen LogP contribution in [0.4, 0.5) is 5.82 Å². The van der Waals surface area contributed by atoms with Crippen molar-refractivity contribution in [3.05, 3.63) is 36.2 Å². The van der Waals surface area contributed by atoms with Gasteiger partial charge in [-0.2, -0.15) is 0 Å². The monoisotopic (exact) mass is 418 g/mol. The third-order valence-corrected chi connectivity index (χ3v) is 5.72. The highest BCUT2D eigenvalue weighted by molar-refractivity contribution is 5.86. The zero-order valence-electron chi connectivity index (χ0n) is 18.2. The lowest BCUT2D eigenvalue weighted by atomic mass is 10.1. The van der Waals surface area contributed by atoms with Crippen molar-refractivity contribution < 1.29 is 0 Å². The fourth-order valence-corrected chi connectivity index (χ4v) is 4.16. The Labute approximate surface area is 180 Å². The Bertz CT molecular complexity index is 1220. The van der Waals surface area contributed by atoms with Gasteiger partial charge < -0.3 is 14.5 Å². The van der Waals surface area contributed by atoms with Crippen LogP contribution in [0.1, 0.15) is 50.6 Å². The van der Waals surface area contributed by atoms with Crippen molar-refractivity contribution >= 4 is 17.0 Å². The number of anilines is 1. The number of hydrogen-bond donors (Lipinski definition) is 1. The maximum atomic E-state index is 4.89. The summed E-state index contributed by atoms with van der Waals surface area (Å²) in [4.78, 5) is 22.6. The summed E-state index contributed by atoms with van der Waals surface area (Å²) in [5.74, 6) is 4.71. The van der Waals surface area contributed by atoms with Crippen molar-refractivity contribution in [1.82, 2.24) is 44.3 Å². The molecule has 0 fully saturated rings. The number of rotatable bonds is 5. The predicted molar refractivity (Wildman–Crippen MR) is 117 cm³/mol. The summed E-state index contributed by atoms with van der Waals surface area (Å²) in [5, 5.41) is 12.4. The zero-order valence-corrected chi connectivity index (χ0v) is 18.2. The fraction of sp³-hybridized carbons (Fsp3) is 0.476. The van der Waals surface area contributed by atoms with Gasteiger partial charge >= 0.3 is 0 Å². The van der Waals surface area contributed by atoms with Crippen molar-refractivity contribution in [2.24, 2.45) is 0 Å². The standard InChI is InChI=1S/C21H26N10/c1-5-30-20(14-8-22-13(4)23-9-14)27-17-18(24-11-25-21(17)30)26-15-6-7-16-28-29-19(12(2)3)31(16)10-15/h8-9,11-12,15H,5-7,10H2,1-4H3,(H,24,25,26)/t15-/m1/s1. The number of aromatic nitrogens is 9. The third-order valence-electron chi connectivity index (χ3n) is 5.72. The van der Waals surface area contributed by atoms with Gasteiger partial charge in [0.2, 0.25) is 0 Å². The van der Waals surface area contributed by atoms with Crippen LogP contribution in [0.3, 0.4) is 0 Å². The first-order chi connectivity index (χ1) is 15.0. The molecule has 10 heteroatoms. The predicted octanol–water partition coefficient (Wildman–Crippen LogP) is 2.75. The minimum atomic E-state index is 0.219. The molecule has 4 aromatic rings. The van der Waals surface area contributed by atoms with E-state index in [0.717, 1.165) is 71.8 Å². The summed E-state index contributed by atoms with van der Waals surface area (Å²) in [6.45, 7) is 9.80. The van der Waals surface area contributed by atoms with Crippen LogP contribution in [0, 0.1) is 6.92 Å². The minimum Gasteiger partial charge on any atom is -0.364 e. The van der Waals surface area contributed by atoms with Crippen molar-refractivity contribution in [3.8, 4) is 11.4 Å². The molecule has 0 radical (unpaired) electrons. The van der Waals surface area contributed by atoms with Gasteiger partial charge in [-0.25, -0.2) is 24.9 Å². The van der Waals surface area contributed by atoms with E-state index in [1.807, 2.05) is 6.92 Å².